The highest BCUT2D eigenvalue weighted by Crippen LogP contribution is 1.74. The van der Waals surface area contributed by atoms with Crippen LogP contribution in [0.5, 0.6) is 0 Å². The van der Waals surface area contributed by atoms with Crippen molar-refractivity contribution in [2.75, 3.05) is 13.7 Å². The molecule has 0 aliphatic heterocycles. The summed E-state index contributed by atoms with van der Waals surface area (Å²) in [4.78, 5) is 4.24. The quantitative estimate of drug-likeness (QED) is 0.439. The summed E-state index contributed by atoms with van der Waals surface area (Å²) < 4.78 is 0. The van der Waals surface area contributed by atoms with E-state index in [-0.39, 0.29) is 19.0 Å². The first-order chi connectivity index (χ1) is 3.31. The molecule has 0 heterocycles. The third-order valence-electron chi connectivity index (χ3n) is 0.437. The molecule has 1 N–H and O–H groups in total. The zero-order valence-corrected chi connectivity index (χ0v) is 5.31. The lowest BCUT2D eigenvalue weighted by Gasteiger charge is -2.04. The normalized spacial score (nSPS) is 7.75. The minimum absolute atomic E-state index is 0. The molecule has 0 aromatic rings. The molecule has 4 heteroatoms. The molecular formula is C4H8ClNO2. The van der Waals surface area contributed by atoms with Crippen molar-refractivity contribution in [2.45, 2.75) is 0 Å². The van der Waals surface area contributed by atoms with Gasteiger partial charge in [-0.2, -0.15) is 0 Å². The summed E-state index contributed by atoms with van der Waals surface area (Å²) >= 11 is 0. The van der Waals surface area contributed by atoms with E-state index in [0.29, 0.717) is 5.23 Å². The minimum atomic E-state index is 0. The van der Waals surface area contributed by atoms with Crippen LogP contribution in [0.3, 0.4) is 0 Å². The summed E-state index contributed by atoms with van der Waals surface area (Å²) in [7, 11) is 1.33. The zero-order chi connectivity index (χ0) is 5.70. The molecule has 0 spiro atoms. The molecule has 0 fully saturated rings. The topological polar surface area (TPSA) is 32.7 Å². The Kier molecular flexibility index (Phi) is 8.97. The third kappa shape index (κ3) is 5.73. The van der Waals surface area contributed by atoms with Crippen molar-refractivity contribution in [1.82, 2.24) is 5.23 Å². The summed E-state index contributed by atoms with van der Waals surface area (Å²) in [5.41, 5.74) is 0. The van der Waals surface area contributed by atoms with Crippen LogP contribution in [0.25, 0.3) is 0 Å². The number of hydrogen-bond acceptors (Lipinski definition) is 3. The predicted molar refractivity (Wildman–Crippen MR) is 31.6 cm³/mol. The van der Waals surface area contributed by atoms with Gasteiger partial charge in [0.15, 0.2) is 0 Å². The molecule has 0 saturated heterocycles. The van der Waals surface area contributed by atoms with Gasteiger partial charge in [0.05, 0.1) is 7.11 Å². The lowest BCUT2D eigenvalue weighted by atomic mass is 10.7. The van der Waals surface area contributed by atoms with Gasteiger partial charge >= 0.3 is 0 Å². The fourth-order valence-corrected chi connectivity index (χ4v) is 0.143. The van der Waals surface area contributed by atoms with E-state index >= 15 is 0 Å². The third-order valence-corrected chi connectivity index (χ3v) is 0.437. The van der Waals surface area contributed by atoms with Crippen molar-refractivity contribution < 1.29 is 10.0 Å². The van der Waals surface area contributed by atoms with Crippen LogP contribution >= 0.6 is 12.4 Å². The average molecular weight is 138 g/mol. The van der Waals surface area contributed by atoms with E-state index in [1.165, 1.54) is 7.11 Å². The first kappa shape index (κ1) is 10.7. The number of rotatable bonds is 2. The zero-order valence-electron chi connectivity index (χ0n) is 4.50. The molecule has 8 heavy (non-hydrogen) atoms. The standard InChI is InChI=1S/C4H7NO2.ClH/c1-3-4-5(6)7-2;/h1,6H,4H2,2H3;1H. The van der Waals surface area contributed by atoms with E-state index in [2.05, 4.69) is 10.8 Å². The first-order valence-corrected chi connectivity index (χ1v) is 1.75. The van der Waals surface area contributed by atoms with Crippen molar-refractivity contribution in [3.05, 3.63) is 0 Å². The van der Waals surface area contributed by atoms with Gasteiger partial charge in [0.1, 0.15) is 6.54 Å². The van der Waals surface area contributed by atoms with E-state index in [1.54, 1.807) is 0 Å². The van der Waals surface area contributed by atoms with Crippen LogP contribution < -0.4 is 0 Å². The van der Waals surface area contributed by atoms with Crippen LogP contribution in [0, 0.1) is 12.3 Å². The largest absolute Gasteiger partial charge is 0.289 e. The van der Waals surface area contributed by atoms with Crippen molar-refractivity contribution >= 4 is 12.4 Å². The smallest absolute Gasteiger partial charge is 0.112 e. The molecule has 0 rings (SSSR count). The highest BCUT2D eigenvalue weighted by atomic mass is 35.5. The van der Waals surface area contributed by atoms with Gasteiger partial charge in [-0.1, -0.05) is 11.1 Å². The van der Waals surface area contributed by atoms with E-state index < -0.39 is 0 Å². The average Bonchev–Trinajstić information content (AvgIpc) is 1.68. The van der Waals surface area contributed by atoms with Crippen LogP contribution in [-0.4, -0.2) is 24.1 Å². The summed E-state index contributed by atoms with van der Waals surface area (Å²) in [5.74, 6) is 2.17. The van der Waals surface area contributed by atoms with Crippen LogP contribution in [0.4, 0.5) is 0 Å². The maximum absolute atomic E-state index is 8.33. The summed E-state index contributed by atoms with van der Waals surface area (Å²) in [5, 5.41) is 8.90. The van der Waals surface area contributed by atoms with Crippen LogP contribution in [0.1, 0.15) is 0 Å². The van der Waals surface area contributed by atoms with Crippen LogP contribution in [0.2, 0.25) is 0 Å². The maximum Gasteiger partial charge on any atom is 0.112 e. The van der Waals surface area contributed by atoms with Gasteiger partial charge in [0.25, 0.3) is 0 Å². The molecule has 0 aliphatic carbocycles. The molecule has 0 atom stereocenters. The molecule has 0 aromatic carbocycles. The van der Waals surface area contributed by atoms with E-state index in [0.717, 1.165) is 0 Å². The minimum Gasteiger partial charge on any atom is -0.289 e. The second-order valence-corrected chi connectivity index (χ2v) is 0.897. The second kappa shape index (κ2) is 6.73. The van der Waals surface area contributed by atoms with Crippen LogP contribution in [0.15, 0.2) is 0 Å². The summed E-state index contributed by atoms with van der Waals surface area (Å²) in [6.07, 6.45) is 4.77. The van der Waals surface area contributed by atoms with Gasteiger partial charge in [-0.25, -0.2) is 0 Å². The predicted octanol–water partition coefficient (Wildman–Crippen LogP) is 0.294. The number of hydrogen-bond donors (Lipinski definition) is 1. The van der Waals surface area contributed by atoms with Crippen molar-refractivity contribution in [3.63, 3.8) is 0 Å². The van der Waals surface area contributed by atoms with Gasteiger partial charge in [-0.05, 0) is 0 Å². The molecule has 0 amide bonds. The Morgan fingerprint density at radius 3 is 2.50 bits per heavy atom. The highest BCUT2D eigenvalue weighted by molar-refractivity contribution is 5.85. The number of nitrogens with zero attached hydrogens (tertiary/aromatic N) is 1. The number of hydroxylamine groups is 2. The molecule has 0 bridgehead atoms. The van der Waals surface area contributed by atoms with Crippen LogP contribution in [-0.2, 0) is 4.84 Å². The summed E-state index contributed by atoms with van der Waals surface area (Å²) in [6, 6.07) is 0. The van der Waals surface area contributed by atoms with Crippen molar-refractivity contribution in [1.29, 1.82) is 0 Å². The fourth-order valence-electron chi connectivity index (χ4n) is 0.143. The van der Waals surface area contributed by atoms with Crippen molar-refractivity contribution in [2.24, 2.45) is 0 Å². The van der Waals surface area contributed by atoms with Gasteiger partial charge in [-0.3, -0.25) is 10.0 Å². The molecule has 0 unspecified atom stereocenters. The lowest BCUT2D eigenvalue weighted by Crippen LogP contribution is -2.16. The Bertz CT molecular complexity index is 80.6. The molecular weight excluding hydrogens is 130 g/mol. The molecule has 48 valence electrons. The molecule has 0 aliphatic rings. The van der Waals surface area contributed by atoms with Gasteiger partial charge in [0, 0.05) is 0 Å². The SMILES string of the molecule is C#CCN(O)OC.Cl. The molecule has 0 aromatic heterocycles. The lowest BCUT2D eigenvalue weighted by molar-refractivity contribution is -0.317. The molecule has 0 saturated carbocycles. The number of terminal acetylenes is 1. The Balaban J connectivity index is 0. The molecule has 0 radical (unpaired) electrons. The Labute approximate surface area is 54.6 Å². The Morgan fingerprint density at radius 2 is 2.38 bits per heavy atom. The fraction of sp³-hybridized carbons (Fsp3) is 0.500. The monoisotopic (exact) mass is 137 g/mol. The number of halogens is 1. The first-order valence-electron chi connectivity index (χ1n) is 1.75. The highest BCUT2D eigenvalue weighted by Gasteiger charge is 1.87. The summed E-state index contributed by atoms with van der Waals surface area (Å²) in [6.45, 7) is 0.0938. The van der Waals surface area contributed by atoms with Gasteiger partial charge in [0.2, 0.25) is 0 Å². The Morgan fingerprint density at radius 1 is 1.88 bits per heavy atom. The van der Waals surface area contributed by atoms with E-state index in [4.69, 9.17) is 11.6 Å². The Hall–Kier alpha value is -0.270. The van der Waals surface area contributed by atoms with E-state index in [1.807, 2.05) is 0 Å². The second-order valence-electron chi connectivity index (χ2n) is 0.897. The van der Waals surface area contributed by atoms with E-state index in [9.17, 15) is 0 Å². The van der Waals surface area contributed by atoms with Gasteiger partial charge in [-0.15, -0.1) is 18.8 Å². The maximum atomic E-state index is 8.33. The molecule has 3 nitrogen and oxygen atoms in total. The van der Waals surface area contributed by atoms with Gasteiger partial charge < -0.3 is 0 Å². The van der Waals surface area contributed by atoms with Crippen molar-refractivity contribution in [3.8, 4) is 12.3 Å².